The van der Waals surface area contributed by atoms with Crippen LogP contribution >= 0.6 is 0 Å². The lowest BCUT2D eigenvalue weighted by Gasteiger charge is -2.28. The van der Waals surface area contributed by atoms with Crippen LogP contribution in [0.1, 0.15) is 32.1 Å². The molecule has 28 heavy (non-hydrogen) atoms. The third-order valence-electron chi connectivity index (χ3n) is 4.68. The fourth-order valence-corrected chi connectivity index (χ4v) is 3.31. The molecule has 1 aliphatic carbocycles. The minimum absolute atomic E-state index is 0.116. The Morgan fingerprint density at radius 1 is 1.36 bits per heavy atom. The Balaban J connectivity index is 1.72. The molecule has 6 N–H and O–H groups in total. The van der Waals surface area contributed by atoms with Crippen LogP contribution in [0.15, 0.2) is 33.2 Å². The van der Waals surface area contributed by atoms with Crippen LogP contribution in [0.3, 0.4) is 0 Å². The van der Waals surface area contributed by atoms with E-state index in [9.17, 15) is 4.39 Å². The third-order valence-corrected chi connectivity index (χ3v) is 4.68. The predicted molar refractivity (Wildman–Crippen MR) is 109 cm³/mol. The largest absolute Gasteiger partial charge is 0.494 e. The number of hydrogen-bond acceptors (Lipinski definition) is 6. The van der Waals surface area contributed by atoms with Crippen LogP contribution in [0.5, 0.6) is 5.75 Å². The number of nitrogens with one attached hydrogen (secondary N) is 2. The summed E-state index contributed by atoms with van der Waals surface area (Å²) in [6.07, 6.45) is 6.23. The number of nitrogens with zero attached hydrogens (tertiary/aromatic N) is 4. The fraction of sp³-hybridized carbons (Fsp3) is 0.500. The van der Waals surface area contributed by atoms with Gasteiger partial charge in [-0.15, -0.1) is 5.12 Å². The number of methoxy groups -OCH3 is 1. The molecule has 0 unspecified atom stereocenters. The highest BCUT2D eigenvalue weighted by Gasteiger charge is 2.19. The monoisotopic (exact) mass is 390 g/mol. The van der Waals surface area contributed by atoms with Gasteiger partial charge in [0.15, 0.2) is 17.5 Å². The number of guanidine groups is 2. The maximum atomic E-state index is 14.0. The molecule has 10 heteroatoms. The van der Waals surface area contributed by atoms with Crippen molar-refractivity contribution in [1.82, 2.24) is 10.5 Å². The van der Waals surface area contributed by atoms with E-state index in [1.165, 1.54) is 45.3 Å². The maximum Gasteiger partial charge on any atom is 0.244 e. The molecule has 0 bridgehead atoms. The van der Waals surface area contributed by atoms with Gasteiger partial charge in [-0.25, -0.2) is 4.39 Å². The average molecular weight is 390 g/mol. The highest BCUT2D eigenvalue weighted by atomic mass is 19.1. The number of halogens is 1. The Morgan fingerprint density at radius 3 is 2.82 bits per heavy atom. The summed E-state index contributed by atoms with van der Waals surface area (Å²) in [5, 5.41) is 1.61. The zero-order valence-corrected chi connectivity index (χ0v) is 16.0. The summed E-state index contributed by atoms with van der Waals surface area (Å²) in [5.41, 5.74) is 17.5. The van der Waals surface area contributed by atoms with E-state index in [1.807, 2.05) is 0 Å². The zero-order valence-electron chi connectivity index (χ0n) is 16.0. The van der Waals surface area contributed by atoms with Crippen LogP contribution in [0.4, 0.5) is 10.1 Å². The lowest BCUT2D eigenvalue weighted by molar-refractivity contribution is 0.318. The molecule has 0 saturated heterocycles. The van der Waals surface area contributed by atoms with Gasteiger partial charge in [-0.2, -0.15) is 9.98 Å². The normalized spacial score (nSPS) is 19.6. The molecule has 0 aromatic heterocycles. The first kappa shape index (κ1) is 19.9. The number of nitrogens with two attached hydrogens (primary N) is 2. The molecule has 1 saturated carbocycles. The molecule has 0 radical (unpaired) electrons. The van der Waals surface area contributed by atoms with Crippen LogP contribution < -0.4 is 27.1 Å². The lowest BCUT2D eigenvalue weighted by Crippen LogP contribution is -2.52. The molecule has 0 amide bonds. The van der Waals surface area contributed by atoms with Crippen molar-refractivity contribution in [2.24, 2.45) is 32.4 Å². The van der Waals surface area contributed by atoms with Crippen molar-refractivity contribution in [2.45, 2.75) is 32.1 Å². The lowest BCUT2D eigenvalue weighted by atomic mass is 9.89. The van der Waals surface area contributed by atoms with Gasteiger partial charge in [0, 0.05) is 12.6 Å². The van der Waals surface area contributed by atoms with Gasteiger partial charge in [-0.3, -0.25) is 10.4 Å². The zero-order chi connectivity index (χ0) is 19.9. The van der Waals surface area contributed by atoms with Crippen molar-refractivity contribution < 1.29 is 9.13 Å². The second-order valence-corrected chi connectivity index (χ2v) is 6.89. The molecule has 1 aliphatic heterocycles. The molecular weight excluding hydrogens is 363 g/mol. The number of hydrazine groups is 2. The third kappa shape index (κ3) is 5.56. The number of benzene rings is 1. The minimum atomic E-state index is -0.464. The van der Waals surface area contributed by atoms with Crippen molar-refractivity contribution in [3.05, 3.63) is 24.0 Å². The highest BCUT2D eigenvalue weighted by molar-refractivity contribution is 6.03. The van der Waals surface area contributed by atoms with Crippen molar-refractivity contribution in [1.29, 1.82) is 0 Å². The number of ether oxygens (including phenoxy) is 1. The maximum absolute atomic E-state index is 14.0. The van der Waals surface area contributed by atoms with Gasteiger partial charge in [0.1, 0.15) is 5.84 Å². The first-order valence-electron chi connectivity index (χ1n) is 9.39. The highest BCUT2D eigenvalue weighted by Crippen LogP contribution is 2.24. The second-order valence-electron chi connectivity index (χ2n) is 6.89. The van der Waals surface area contributed by atoms with Gasteiger partial charge in [-0.05, 0) is 30.9 Å². The molecule has 2 aliphatic rings. The first-order chi connectivity index (χ1) is 13.5. The molecule has 9 nitrogen and oxygen atoms in total. The van der Waals surface area contributed by atoms with Crippen LogP contribution in [0.25, 0.3) is 0 Å². The Labute approximate surface area is 163 Å². The van der Waals surface area contributed by atoms with Gasteiger partial charge >= 0.3 is 0 Å². The molecule has 1 heterocycles. The Morgan fingerprint density at radius 2 is 2.14 bits per heavy atom. The molecule has 152 valence electrons. The number of rotatable bonds is 5. The van der Waals surface area contributed by atoms with Gasteiger partial charge in [0.2, 0.25) is 5.96 Å². The van der Waals surface area contributed by atoms with Gasteiger partial charge in [0.05, 0.1) is 19.3 Å². The molecule has 0 spiro atoms. The standard InChI is InChI=1S/C18H27FN8O/c1-28-15-8-7-13(9-14(15)19)25-27-11-16(23-18(26-27)24-17(20)21)22-10-12-5-3-2-4-6-12/h7-9,12,25H,2-6,10-11H2,1H3,(H5,20,21,22,23,24,26). The van der Waals surface area contributed by atoms with E-state index < -0.39 is 5.82 Å². The summed E-state index contributed by atoms with van der Waals surface area (Å²) in [4.78, 5) is 13.0. The number of aliphatic imine (C=N–C) groups is 3. The summed E-state index contributed by atoms with van der Waals surface area (Å²) in [6, 6.07) is 4.59. The average Bonchev–Trinajstić information content (AvgIpc) is 2.67. The van der Waals surface area contributed by atoms with E-state index >= 15 is 0 Å². The van der Waals surface area contributed by atoms with Crippen molar-refractivity contribution in [2.75, 3.05) is 25.6 Å². The number of anilines is 1. The van der Waals surface area contributed by atoms with E-state index in [1.54, 1.807) is 17.3 Å². The molecule has 3 rings (SSSR count). The second kappa shape index (κ2) is 9.36. The minimum Gasteiger partial charge on any atom is -0.494 e. The van der Waals surface area contributed by atoms with E-state index in [0.29, 0.717) is 24.0 Å². The smallest absolute Gasteiger partial charge is 0.244 e. The molecule has 1 aromatic carbocycles. The van der Waals surface area contributed by atoms with E-state index in [0.717, 1.165) is 6.54 Å². The summed E-state index contributed by atoms with van der Waals surface area (Å²) in [6.45, 7) is 1.10. The van der Waals surface area contributed by atoms with E-state index in [2.05, 4.69) is 25.8 Å². The first-order valence-corrected chi connectivity index (χ1v) is 9.39. The van der Waals surface area contributed by atoms with Crippen molar-refractivity contribution in [3.8, 4) is 5.75 Å². The molecule has 1 aromatic rings. The predicted octanol–water partition coefficient (Wildman–Crippen LogP) is 1.59. The summed E-state index contributed by atoms with van der Waals surface area (Å²) < 4.78 is 18.9. The van der Waals surface area contributed by atoms with Gasteiger partial charge in [0.25, 0.3) is 0 Å². The van der Waals surface area contributed by atoms with Crippen LogP contribution in [0.2, 0.25) is 0 Å². The van der Waals surface area contributed by atoms with Crippen molar-refractivity contribution in [3.63, 3.8) is 0 Å². The summed E-state index contributed by atoms with van der Waals surface area (Å²) in [5.74, 6) is 1.01. The summed E-state index contributed by atoms with van der Waals surface area (Å²) >= 11 is 0. The Kier molecular flexibility index (Phi) is 6.64. The fourth-order valence-electron chi connectivity index (χ4n) is 3.31. The molecule has 1 fully saturated rings. The van der Waals surface area contributed by atoms with E-state index in [-0.39, 0.29) is 17.7 Å². The van der Waals surface area contributed by atoms with Crippen LogP contribution in [-0.4, -0.2) is 43.1 Å². The molecule has 0 atom stereocenters. The Bertz CT molecular complexity index is 769. The van der Waals surface area contributed by atoms with Crippen LogP contribution in [0, 0.1) is 11.7 Å². The quantitative estimate of drug-likeness (QED) is 0.447. The SMILES string of the molecule is COc1ccc(NN2CC(=NCC3CCCCC3)N=C(N=C(N)N)N2)cc1F. The summed E-state index contributed by atoms with van der Waals surface area (Å²) in [7, 11) is 1.42. The topological polar surface area (TPSA) is 126 Å². The molecular formula is C18H27FN8O. The van der Waals surface area contributed by atoms with Gasteiger partial charge in [-0.1, -0.05) is 19.3 Å². The number of hydrogen-bond donors (Lipinski definition) is 4. The Hall–Kier alpha value is -2.88. The van der Waals surface area contributed by atoms with Crippen molar-refractivity contribution >= 4 is 23.4 Å². The van der Waals surface area contributed by atoms with Gasteiger partial charge < -0.3 is 21.6 Å². The number of amidine groups is 1. The van der Waals surface area contributed by atoms with Crippen LogP contribution in [-0.2, 0) is 0 Å². The van der Waals surface area contributed by atoms with E-state index in [4.69, 9.17) is 16.2 Å².